The van der Waals surface area contributed by atoms with E-state index in [1.165, 1.54) is 39.1 Å². The van der Waals surface area contributed by atoms with E-state index < -0.39 is 0 Å². The van der Waals surface area contributed by atoms with Gasteiger partial charge in [0, 0.05) is 32.7 Å². The molecule has 2 heterocycles. The summed E-state index contributed by atoms with van der Waals surface area (Å²) in [6, 6.07) is 0. The van der Waals surface area contributed by atoms with Crippen LogP contribution in [-0.2, 0) is 9.47 Å². The molecule has 2 aliphatic rings. The Balaban J connectivity index is 1.51. The Kier molecular flexibility index (Phi) is 5.85. The topological polar surface area (TPSA) is 28.2 Å². The van der Waals surface area contributed by atoms with Gasteiger partial charge in [-0.3, -0.25) is 0 Å². The Morgan fingerprint density at radius 2 is 1.78 bits per heavy atom. The monoisotopic (exact) mass is 257 g/mol. The van der Waals surface area contributed by atoms with E-state index in [0.29, 0.717) is 0 Å². The molecular formula is C13H27N3O2. The van der Waals surface area contributed by atoms with Crippen LogP contribution in [0.15, 0.2) is 0 Å². The first-order valence-electron chi connectivity index (χ1n) is 7.07. The lowest BCUT2D eigenvalue weighted by molar-refractivity contribution is -0.0584. The van der Waals surface area contributed by atoms with Gasteiger partial charge in [-0.15, -0.1) is 0 Å². The number of rotatable bonds is 6. The minimum absolute atomic E-state index is 0.00126. The number of piperazine rings is 1. The van der Waals surface area contributed by atoms with Gasteiger partial charge in [0.15, 0.2) is 6.29 Å². The summed E-state index contributed by atoms with van der Waals surface area (Å²) in [5, 5.41) is 0. The van der Waals surface area contributed by atoms with Crippen molar-refractivity contribution in [3.8, 4) is 0 Å². The van der Waals surface area contributed by atoms with Crippen LogP contribution >= 0.6 is 0 Å². The summed E-state index contributed by atoms with van der Waals surface area (Å²) in [4.78, 5) is 7.28. The minimum Gasteiger partial charge on any atom is -0.349 e. The van der Waals surface area contributed by atoms with E-state index in [1.807, 2.05) is 0 Å². The van der Waals surface area contributed by atoms with E-state index in [-0.39, 0.29) is 6.29 Å². The lowest BCUT2D eigenvalue weighted by atomic mass is 10.3. The maximum absolute atomic E-state index is 5.45. The van der Waals surface area contributed by atoms with Gasteiger partial charge >= 0.3 is 0 Å². The lowest BCUT2D eigenvalue weighted by Crippen LogP contribution is -2.45. The molecule has 18 heavy (non-hydrogen) atoms. The highest BCUT2D eigenvalue weighted by Crippen LogP contribution is 2.06. The van der Waals surface area contributed by atoms with Crippen molar-refractivity contribution in [1.29, 1.82) is 0 Å². The lowest BCUT2D eigenvalue weighted by Gasteiger charge is -2.32. The molecule has 0 aliphatic carbocycles. The second kappa shape index (κ2) is 7.40. The molecular weight excluding hydrogens is 230 g/mol. The number of likely N-dealkylation sites (N-methyl/N-ethyl adjacent to an activating group) is 2. The van der Waals surface area contributed by atoms with E-state index in [0.717, 1.165) is 26.3 Å². The van der Waals surface area contributed by atoms with Crippen LogP contribution in [0.25, 0.3) is 0 Å². The molecule has 2 fully saturated rings. The summed E-state index contributed by atoms with van der Waals surface area (Å²) in [6.45, 7) is 9.58. The van der Waals surface area contributed by atoms with E-state index in [9.17, 15) is 0 Å². The molecule has 0 radical (unpaired) electrons. The normalized spacial score (nSPS) is 24.2. The summed E-state index contributed by atoms with van der Waals surface area (Å²) in [5.74, 6) is 0. The van der Waals surface area contributed by atoms with Crippen LogP contribution in [0.3, 0.4) is 0 Å². The maximum Gasteiger partial charge on any atom is 0.170 e. The molecule has 0 aromatic rings. The second-order valence-corrected chi connectivity index (χ2v) is 5.43. The number of hydrogen-bond donors (Lipinski definition) is 0. The number of nitrogens with zero attached hydrogens (tertiary/aromatic N) is 3. The van der Waals surface area contributed by atoms with Crippen LogP contribution in [0, 0.1) is 0 Å². The smallest absolute Gasteiger partial charge is 0.170 e. The maximum atomic E-state index is 5.45. The number of ether oxygens (including phenoxy) is 2. The Labute approximate surface area is 111 Å². The van der Waals surface area contributed by atoms with E-state index >= 15 is 0 Å². The van der Waals surface area contributed by atoms with Crippen molar-refractivity contribution in [2.75, 3.05) is 73.1 Å². The summed E-state index contributed by atoms with van der Waals surface area (Å²) < 4.78 is 10.9. The van der Waals surface area contributed by atoms with Crippen LogP contribution in [-0.4, -0.2) is 94.1 Å². The highest BCUT2D eigenvalue weighted by molar-refractivity contribution is 4.69. The van der Waals surface area contributed by atoms with Gasteiger partial charge in [-0.25, -0.2) is 0 Å². The Bertz CT molecular complexity index is 226. The van der Waals surface area contributed by atoms with Gasteiger partial charge < -0.3 is 24.2 Å². The van der Waals surface area contributed by atoms with Crippen LogP contribution in [0.5, 0.6) is 0 Å². The fourth-order valence-electron chi connectivity index (χ4n) is 2.49. The van der Waals surface area contributed by atoms with E-state index in [4.69, 9.17) is 9.47 Å². The molecule has 5 nitrogen and oxygen atoms in total. The fourth-order valence-corrected chi connectivity index (χ4v) is 2.49. The summed E-state index contributed by atoms with van der Waals surface area (Å²) in [7, 11) is 4.35. The Hall–Kier alpha value is -0.200. The van der Waals surface area contributed by atoms with Crippen molar-refractivity contribution < 1.29 is 9.47 Å². The van der Waals surface area contributed by atoms with Crippen LogP contribution in [0.2, 0.25) is 0 Å². The third-order valence-corrected chi connectivity index (χ3v) is 3.76. The molecule has 0 saturated carbocycles. The molecule has 0 N–H and O–H groups in total. The SMILES string of the molecule is CN1CCN(CCCN(C)CC2OCCO2)CC1. The zero-order chi connectivity index (χ0) is 12.8. The highest BCUT2D eigenvalue weighted by Gasteiger charge is 2.18. The van der Waals surface area contributed by atoms with Crippen molar-refractivity contribution >= 4 is 0 Å². The molecule has 0 aromatic heterocycles. The van der Waals surface area contributed by atoms with Gasteiger partial charge in [0.2, 0.25) is 0 Å². The molecule has 2 saturated heterocycles. The highest BCUT2D eigenvalue weighted by atomic mass is 16.7. The van der Waals surface area contributed by atoms with Crippen molar-refractivity contribution in [1.82, 2.24) is 14.7 Å². The molecule has 0 unspecified atom stereocenters. The fraction of sp³-hybridized carbons (Fsp3) is 1.00. The standard InChI is InChI=1S/C13H27N3O2/c1-14-6-8-16(9-7-14)5-3-4-15(2)12-13-17-10-11-18-13/h13H,3-12H2,1-2H3. The van der Waals surface area contributed by atoms with Crippen molar-refractivity contribution in [2.45, 2.75) is 12.7 Å². The Morgan fingerprint density at radius 1 is 1.11 bits per heavy atom. The van der Waals surface area contributed by atoms with E-state index in [2.05, 4.69) is 28.8 Å². The largest absolute Gasteiger partial charge is 0.349 e. The van der Waals surface area contributed by atoms with Crippen molar-refractivity contribution in [2.24, 2.45) is 0 Å². The van der Waals surface area contributed by atoms with Crippen molar-refractivity contribution in [3.05, 3.63) is 0 Å². The summed E-state index contributed by atoms with van der Waals surface area (Å²) >= 11 is 0. The van der Waals surface area contributed by atoms with Gasteiger partial charge in [-0.1, -0.05) is 0 Å². The molecule has 5 heteroatoms. The predicted octanol–water partition coefficient (Wildman–Crippen LogP) is -0.0714. The van der Waals surface area contributed by atoms with Gasteiger partial charge in [0.05, 0.1) is 13.2 Å². The predicted molar refractivity (Wildman–Crippen MR) is 71.7 cm³/mol. The average Bonchev–Trinajstić information content (AvgIpc) is 2.84. The van der Waals surface area contributed by atoms with Crippen LogP contribution in [0.4, 0.5) is 0 Å². The third-order valence-electron chi connectivity index (χ3n) is 3.76. The minimum atomic E-state index is -0.00126. The first-order valence-corrected chi connectivity index (χ1v) is 7.07. The third kappa shape index (κ3) is 4.82. The zero-order valence-electron chi connectivity index (χ0n) is 11.8. The van der Waals surface area contributed by atoms with Gasteiger partial charge in [0.25, 0.3) is 0 Å². The zero-order valence-corrected chi connectivity index (χ0v) is 11.8. The van der Waals surface area contributed by atoms with Crippen LogP contribution in [0.1, 0.15) is 6.42 Å². The molecule has 0 amide bonds. The Morgan fingerprint density at radius 3 is 2.44 bits per heavy atom. The van der Waals surface area contributed by atoms with Gasteiger partial charge in [-0.2, -0.15) is 0 Å². The second-order valence-electron chi connectivity index (χ2n) is 5.43. The first kappa shape index (κ1) is 14.2. The van der Waals surface area contributed by atoms with Crippen molar-refractivity contribution in [3.63, 3.8) is 0 Å². The molecule has 0 spiro atoms. The van der Waals surface area contributed by atoms with Gasteiger partial charge in [0.1, 0.15) is 0 Å². The van der Waals surface area contributed by atoms with Gasteiger partial charge in [-0.05, 0) is 33.6 Å². The summed E-state index contributed by atoms with van der Waals surface area (Å²) in [5.41, 5.74) is 0. The van der Waals surface area contributed by atoms with E-state index in [1.54, 1.807) is 0 Å². The molecule has 2 rings (SSSR count). The summed E-state index contributed by atoms with van der Waals surface area (Å²) in [6.07, 6.45) is 1.23. The molecule has 0 atom stereocenters. The quantitative estimate of drug-likeness (QED) is 0.664. The molecule has 2 aliphatic heterocycles. The first-order chi connectivity index (χ1) is 8.74. The molecule has 0 aromatic carbocycles. The van der Waals surface area contributed by atoms with Crippen LogP contribution < -0.4 is 0 Å². The average molecular weight is 257 g/mol. The number of hydrogen-bond acceptors (Lipinski definition) is 5. The molecule has 0 bridgehead atoms. The molecule has 106 valence electrons.